The van der Waals surface area contributed by atoms with Crippen LogP contribution in [0.4, 0.5) is 25.4 Å². The molecule has 2 aromatic carbocycles. The molecular formula is C21H18FN5O4. The lowest BCUT2D eigenvalue weighted by Gasteiger charge is -2.11. The smallest absolute Gasteiger partial charge is 0.327 e. The Labute approximate surface area is 176 Å². The zero-order valence-corrected chi connectivity index (χ0v) is 16.3. The SMILES string of the molecule is CNC(=O)c1cc(Oc2ccc(NC(=O)NC(=O)Nc3ccccc3)cc2F)ccn1. The first-order chi connectivity index (χ1) is 14.9. The van der Waals surface area contributed by atoms with Gasteiger partial charge in [0.25, 0.3) is 5.91 Å². The molecule has 3 rings (SSSR count). The van der Waals surface area contributed by atoms with Gasteiger partial charge in [0.05, 0.1) is 0 Å². The van der Waals surface area contributed by atoms with E-state index in [-0.39, 0.29) is 22.9 Å². The number of hydrogen-bond acceptors (Lipinski definition) is 5. The van der Waals surface area contributed by atoms with Gasteiger partial charge in [0.15, 0.2) is 11.6 Å². The summed E-state index contributed by atoms with van der Waals surface area (Å²) in [6.07, 6.45) is 1.36. The molecule has 5 amide bonds. The van der Waals surface area contributed by atoms with Gasteiger partial charge in [-0.25, -0.2) is 14.0 Å². The van der Waals surface area contributed by atoms with Crippen LogP contribution in [0.3, 0.4) is 0 Å². The number of benzene rings is 2. The average molecular weight is 423 g/mol. The lowest BCUT2D eigenvalue weighted by Crippen LogP contribution is -2.37. The maximum absolute atomic E-state index is 14.4. The van der Waals surface area contributed by atoms with Crippen molar-refractivity contribution in [3.63, 3.8) is 0 Å². The van der Waals surface area contributed by atoms with Crippen molar-refractivity contribution in [2.45, 2.75) is 0 Å². The fourth-order valence-corrected chi connectivity index (χ4v) is 2.46. The molecule has 1 aromatic heterocycles. The molecule has 0 unspecified atom stereocenters. The summed E-state index contributed by atoms with van der Waals surface area (Å²) < 4.78 is 19.8. The van der Waals surface area contributed by atoms with Crippen LogP contribution >= 0.6 is 0 Å². The Morgan fingerprint density at radius 2 is 1.61 bits per heavy atom. The number of ether oxygens (including phenoxy) is 1. The number of amides is 5. The standard InChI is InChI=1S/C21H18FN5O4/c1-23-19(28)17-12-15(9-10-24-17)31-18-8-7-14(11-16(18)22)26-21(30)27-20(29)25-13-5-3-2-4-6-13/h2-12H,1H3,(H,23,28)(H3,25,26,27,29,30). The number of para-hydroxylation sites is 1. The number of pyridine rings is 1. The van der Waals surface area contributed by atoms with E-state index >= 15 is 0 Å². The molecule has 3 aromatic rings. The molecule has 0 saturated carbocycles. The minimum atomic E-state index is -0.842. The van der Waals surface area contributed by atoms with Crippen LogP contribution in [0.5, 0.6) is 11.5 Å². The number of aromatic nitrogens is 1. The van der Waals surface area contributed by atoms with Gasteiger partial charge in [-0.1, -0.05) is 18.2 Å². The lowest BCUT2D eigenvalue weighted by molar-refractivity contribution is 0.0957. The van der Waals surface area contributed by atoms with Crippen molar-refractivity contribution in [3.8, 4) is 11.5 Å². The number of hydrogen-bond donors (Lipinski definition) is 4. The summed E-state index contributed by atoms with van der Waals surface area (Å²) in [4.78, 5) is 39.3. The van der Waals surface area contributed by atoms with E-state index in [1.54, 1.807) is 30.3 Å². The monoisotopic (exact) mass is 423 g/mol. The number of imide groups is 1. The lowest BCUT2D eigenvalue weighted by atomic mass is 10.3. The Morgan fingerprint density at radius 3 is 2.29 bits per heavy atom. The largest absolute Gasteiger partial charge is 0.454 e. The van der Waals surface area contributed by atoms with E-state index in [0.717, 1.165) is 6.07 Å². The van der Waals surface area contributed by atoms with Crippen LogP contribution in [0, 0.1) is 5.82 Å². The summed E-state index contributed by atoms with van der Waals surface area (Å²) in [5.74, 6) is -1.08. The van der Waals surface area contributed by atoms with E-state index in [2.05, 4.69) is 26.3 Å². The zero-order chi connectivity index (χ0) is 22.2. The van der Waals surface area contributed by atoms with Gasteiger partial charge in [0.1, 0.15) is 11.4 Å². The second kappa shape index (κ2) is 9.83. The molecule has 0 bridgehead atoms. The molecule has 158 valence electrons. The first-order valence-corrected chi connectivity index (χ1v) is 9.04. The molecule has 0 aliphatic carbocycles. The molecule has 0 spiro atoms. The molecule has 0 saturated heterocycles. The predicted octanol–water partition coefficient (Wildman–Crippen LogP) is 3.73. The number of nitrogens with zero attached hydrogens (tertiary/aromatic N) is 1. The van der Waals surface area contributed by atoms with Crippen LogP contribution < -0.4 is 26.0 Å². The van der Waals surface area contributed by atoms with Crippen LogP contribution in [-0.4, -0.2) is 30.0 Å². The van der Waals surface area contributed by atoms with E-state index in [1.165, 1.54) is 37.5 Å². The number of anilines is 2. The van der Waals surface area contributed by atoms with Gasteiger partial charge in [0, 0.05) is 36.8 Å². The van der Waals surface area contributed by atoms with Crippen molar-refractivity contribution in [3.05, 3.63) is 78.4 Å². The molecule has 0 atom stereocenters. The number of halogens is 1. The van der Waals surface area contributed by atoms with E-state index in [4.69, 9.17) is 4.74 Å². The predicted molar refractivity (Wildman–Crippen MR) is 112 cm³/mol. The maximum atomic E-state index is 14.4. The van der Waals surface area contributed by atoms with Gasteiger partial charge in [-0.05, 0) is 30.3 Å². The van der Waals surface area contributed by atoms with Crippen molar-refractivity contribution in [1.82, 2.24) is 15.6 Å². The number of urea groups is 2. The van der Waals surface area contributed by atoms with Gasteiger partial charge in [0.2, 0.25) is 0 Å². The molecule has 10 heteroatoms. The summed E-state index contributed by atoms with van der Waals surface area (Å²) in [7, 11) is 1.46. The molecular weight excluding hydrogens is 405 g/mol. The van der Waals surface area contributed by atoms with Crippen LogP contribution in [-0.2, 0) is 0 Å². The molecule has 4 N–H and O–H groups in total. The Kier molecular flexibility index (Phi) is 6.74. The van der Waals surface area contributed by atoms with Crippen molar-refractivity contribution in [1.29, 1.82) is 0 Å². The molecule has 31 heavy (non-hydrogen) atoms. The molecule has 0 aliphatic heterocycles. The highest BCUT2D eigenvalue weighted by Gasteiger charge is 2.12. The number of carbonyl (C=O) groups is 3. The topological polar surface area (TPSA) is 121 Å². The first kappa shape index (κ1) is 21.2. The van der Waals surface area contributed by atoms with Gasteiger partial charge in [-0.3, -0.25) is 15.1 Å². The van der Waals surface area contributed by atoms with Gasteiger partial charge >= 0.3 is 12.1 Å². The fourth-order valence-electron chi connectivity index (χ4n) is 2.46. The second-order valence-corrected chi connectivity index (χ2v) is 6.10. The summed E-state index contributed by atoms with van der Waals surface area (Å²) in [5, 5.41) is 9.34. The first-order valence-electron chi connectivity index (χ1n) is 9.04. The minimum Gasteiger partial charge on any atom is -0.454 e. The third-order valence-corrected chi connectivity index (χ3v) is 3.87. The third-order valence-electron chi connectivity index (χ3n) is 3.87. The molecule has 0 radical (unpaired) electrons. The molecule has 0 aliphatic rings. The van der Waals surface area contributed by atoms with E-state index in [0.29, 0.717) is 5.69 Å². The average Bonchev–Trinajstić information content (AvgIpc) is 2.75. The molecule has 9 nitrogen and oxygen atoms in total. The van der Waals surface area contributed by atoms with Gasteiger partial charge in [-0.2, -0.15) is 0 Å². The highest BCUT2D eigenvalue weighted by atomic mass is 19.1. The van der Waals surface area contributed by atoms with E-state index < -0.39 is 23.8 Å². The highest BCUT2D eigenvalue weighted by Crippen LogP contribution is 2.26. The van der Waals surface area contributed by atoms with Gasteiger partial charge < -0.3 is 20.7 Å². The summed E-state index contributed by atoms with van der Waals surface area (Å²) in [6, 6.07) is 13.5. The Hall–Kier alpha value is -4.47. The third kappa shape index (κ3) is 6.00. The van der Waals surface area contributed by atoms with E-state index in [9.17, 15) is 18.8 Å². The van der Waals surface area contributed by atoms with Crippen molar-refractivity contribution < 1.29 is 23.5 Å². The maximum Gasteiger partial charge on any atom is 0.327 e. The normalized spacial score (nSPS) is 10.0. The Balaban J connectivity index is 1.59. The van der Waals surface area contributed by atoms with Crippen molar-refractivity contribution in [2.75, 3.05) is 17.7 Å². The Morgan fingerprint density at radius 1 is 0.903 bits per heavy atom. The summed E-state index contributed by atoms with van der Waals surface area (Å²) >= 11 is 0. The van der Waals surface area contributed by atoms with Gasteiger partial charge in [-0.15, -0.1) is 0 Å². The minimum absolute atomic E-state index is 0.107. The fraction of sp³-hybridized carbons (Fsp3) is 0.0476. The highest BCUT2D eigenvalue weighted by molar-refractivity contribution is 6.05. The zero-order valence-electron chi connectivity index (χ0n) is 16.3. The summed E-state index contributed by atoms with van der Waals surface area (Å²) in [5.41, 5.74) is 0.732. The number of nitrogens with one attached hydrogen (secondary N) is 4. The van der Waals surface area contributed by atoms with Crippen LogP contribution in [0.25, 0.3) is 0 Å². The Bertz CT molecular complexity index is 1110. The number of carbonyl (C=O) groups excluding carboxylic acids is 3. The quantitative estimate of drug-likeness (QED) is 0.498. The van der Waals surface area contributed by atoms with Crippen molar-refractivity contribution in [2.24, 2.45) is 0 Å². The van der Waals surface area contributed by atoms with E-state index in [1.807, 2.05) is 0 Å². The summed E-state index contributed by atoms with van der Waals surface area (Å²) in [6.45, 7) is 0. The second-order valence-electron chi connectivity index (χ2n) is 6.10. The van der Waals surface area contributed by atoms with Crippen LogP contribution in [0.2, 0.25) is 0 Å². The van der Waals surface area contributed by atoms with Crippen LogP contribution in [0.1, 0.15) is 10.5 Å². The molecule has 1 heterocycles. The van der Waals surface area contributed by atoms with Crippen LogP contribution in [0.15, 0.2) is 66.9 Å². The number of rotatable bonds is 5. The van der Waals surface area contributed by atoms with Crippen molar-refractivity contribution >= 4 is 29.3 Å². The molecule has 0 fully saturated rings.